The van der Waals surface area contributed by atoms with E-state index in [-0.39, 0.29) is 11.9 Å². The minimum absolute atomic E-state index is 0.176. The fourth-order valence-electron chi connectivity index (χ4n) is 3.14. The lowest BCUT2D eigenvalue weighted by Gasteiger charge is -2.30. The van der Waals surface area contributed by atoms with E-state index < -0.39 is 0 Å². The van der Waals surface area contributed by atoms with Gasteiger partial charge in [-0.25, -0.2) is 4.98 Å². The van der Waals surface area contributed by atoms with Gasteiger partial charge in [0.2, 0.25) is 5.91 Å². The molecule has 6 heteroatoms. The van der Waals surface area contributed by atoms with E-state index in [2.05, 4.69) is 14.9 Å². The molecule has 1 amide bonds. The summed E-state index contributed by atoms with van der Waals surface area (Å²) in [5.74, 6) is 1.11. The number of ether oxygens (including phenoxy) is 1. The maximum absolute atomic E-state index is 12.6. The molecule has 2 aliphatic rings. The molecule has 0 aliphatic carbocycles. The number of carbonyl (C=O) groups excluding carboxylic acids is 1. The van der Waals surface area contributed by atoms with Gasteiger partial charge >= 0.3 is 0 Å². The van der Waals surface area contributed by atoms with Crippen molar-refractivity contribution in [2.45, 2.75) is 32.9 Å². The molecular weight excluding hydrogens is 256 g/mol. The molecule has 0 aromatic carbocycles. The highest BCUT2D eigenvalue weighted by Gasteiger charge is 2.28. The largest absolute Gasteiger partial charge is 0.378 e. The lowest BCUT2D eigenvalue weighted by Crippen LogP contribution is -2.44. The second kappa shape index (κ2) is 5.54. The van der Waals surface area contributed by atoms with Crippen molar-refractivity contribution in [3.63, 3.8) is 0 Å². The Morgan fingerprint density at radius 2 is 2.15 bits per heavy atom. The van der Waals surface area contributed by atoms with Gasteiger partial charge in [-0.3, -0.25) is 4.79 Å². The van der Waals surface area contributed by atoms with Crippen LogP contribution in [0.1, 0.15) is 30.2 Å². The molecule has 1 unspecified atom stereocenters. The minimum Gasteiger partial charge on any atom is -0.378 e. The molecular formula is C14H22N4O2. The molecule has 1 aromatic rings. The predicted octanol–water partition coefficient (Wildman–Crippen LogP) is 0.257. The number of hydrogen-bond acceptors (Lipinski definition) is 4. The zero-order valence-electron chi connectivity index (χ0n) is 12.2. The van der Waals surface area contributed by atoms with Crippen molar-refractivity contribution < 1.29 is 9.53 Å². The number of rotatable bonds is 2. The lowest BCUT2D eigenvalue weighted by molar-refractivity contribution is -0.138. The number of amides is 1. The van der Waals surface area contributed by atoms with E-state index in [9.17, 15) is 4.79 Å². The van der Waals surface area contributed by atoms with Crippen LogP contribution in [-0.4, -0.2) is 53.2 Å². The van der Waals surface area contributed by atoms with Crippen molar-refractivity contribution in [1.29, 1.82) is 0 Å². The summed E-state index contributed by atoms with van der Waals surface area (Å²) in [7, 11) is 0. The van der Waals surface area contributed by atoms with Gasteiger partial charge in [0, 0.05) is 38.3 Å². The third kappa shape index (κ3) is 2.33. The molecule has 3 rings (SSSR count). The summed E-state index contributed by atoms with van der Waals surface area (Å²) in [4.78, 5) is 19.1. The van der Waals surface area contributed by atoms with Crippen LogP contribution in [0.15, 0.2) is 0 Å². The first-order valence-corrected chi connectivity index (χ1v) is 7.32. The number of nitrogens with one attached hydrogen (secondary N) is 1. The number of nitrogens with zero attached hydrogens (tertiary/aromatic N) is 3. The van der Waals surface area contributed by atoms with Gasteiger partial charge < -0.3 is 19.5 Å². The zero-order valence-corrected chi connectivity index (χ0v) is 12.2. The van der Waals surface area contributed by atoms with Crippen molar-refractivity contribution in [2.75, 3.05) is 32.8 Å². The van der Waals surface area contributed by atoms with Crippen LogP contribution >= 0.6 is 0 Å². The number of morpholine rings is 1. The molecule has 1 atom stereocenters. The number of aromatic nitrogens is 2. The Labute approximate surface area is 119 Å². The van der Waals surface area contributed by atoms with Crippen LogP contribution in [0.25, 0.3) is 0 Å². The highest BCUT2D eigenvalue weighted by atomic mass is 16.5. The van der Waals surface area contributed by atoms with Crippen molar-refractivity contribution >= 4 is 5.91 Å². The van der Waals surface area contributed by atoms with E-state index in [1.165, 1.54) is 5.69 Å². The molecule has 0 radical (unpaired) electrons. The molecule has 1 aromatic heterocycles. The Morgan fingerprint density at radius 3 is 2.90 bits per heavy atom. The van der Waals surface area contributed by atoms with Crippen molar-refractivity contribution in [1.82, 2.24) is 19.8 Å². The Hall–Kier alpha value is -1.40. The second-order valence-corrected chi connectivity index (χ2v) is 5.46. The van der Waals surface area contributed by atoms with E-state index in [0.717, 1.165) is 31.0 Å². The Bertz CT molecular complexity index is 506. The van der Waals surface area contributed by atoms with E-state index in [1.54, 1.807) is 0 Å². The van der Waals surface area contributed by atoms with Crippen LogP contribution in [0.5, 0.6) is 0 Å². The van der Waals surface area contributed by atoms with E-state index in [1.807, 2.05) is 18.7 Å². The maximum atomic E-state index is 12.6. The minimum atomic E-state index is -0.178. The quantitative estimate of drug-likeness (QED) is 0.843. The van der Waals surface area contributed by atoms with Crippen LogP contribution in [0, 0.1) is 6.92 Å². The van der Waals surface area contributed by atoms with E-state index in [4.69, 9.17) is 4.74 Å². The average molecular weight is 278 g/mol. The average Bonchev–Trinajstić information content (AvgIpc) is 2.82. The molecule has 0 bridgehead atoms. The monoisotopic (exact) mass is 278 g/mol. The Kier molecular flexibility index (Phi) is 3.76. The fraction of sp³-hybridized carbons (Fsp3) is 0.714. The molecule has 0 saturated carbocycles. The molecule has 2 aliphatic heterocycles. The number of aryl methyl sites for hydroxylation is 1. The number of hydrogen-bond donors (Lipinski definition) is 1. The molecule has 110 valence electrons. The topological polar surface area (TPSA) is 59.4 Å². The predicted molar refractivity (Wildman–Crippen MR) is 74.5 cm³/mol. The van der Waals surface area contributed by atoms with Gasteiger partial charge in [-0.05, 0) is 13.8 Å². The summed E-state index contributed by atoms with van der Waals surface area (Å²) in [6.45, 7) is 8.41. The first-order valence-electron chi connectivity index (χ1n) is 7.32. The number of imidazole rings is 1. The number of carbonyl (C=O) groups is 1. The summed E-state index contributed by atoms with van der Waals surface area (Å²) in [6, 6.07) is -0.178. The SMILES string of the molecule is Cc1nc2c(n1C(C)C(=O)N1CCOCC1)CCNC2. The normalized spacial score (nSPS) is 20.6. The Balaban J connectivity index is 1.84. The molecule has 1 N–H and O–H groups in total. The summed E-state index contributed by atoms with van der Waals surface area (Å²) in [5, 5.41) is 3.33. The van der Waals surface area contributed by atoms with Crippen LogP contribution < -0.4 is 5.32 Å². The van der Waals surface area contributed by atoms with Crippen molar-refractivity contribution in [2.24, 2.45) is 0 Å². The molecule has 1 fully saturated rings. The first kappa shape index (κ1) is 13.6. The molecule has 0 spiro atoms. The van der Waals surface area contributed by atoms with Gasteiger partial charge in [-0.1, -0.05) is 0 Å². The molecule has 6 nitrogen and oxygen atoms in total. The summed E-state index contributed by atoms with van der Waals surface area (Å²) >= 11 is 0. The lowest BCUT2D eigenvalue weighted by atomic mass is 10.1. The summed E-state index contributed by atoms with van der Waals surface area (Å²) in [6.07, 6.45) is 0.941. The third-order valence-electron chi connectivity index (χ3n) is 4.17. The second-order valence-electron chi connectivity index (χ2n) is 5.46. The van der Waals surface area contributed by atoms with Crippen molar-refractivity contribution in [3.05, 3.63) is 17.2 Å². The maximum Gasteiger partial charge on any atom is 0.245 e. The van der Waals surface area contributed by atoms with Crippen LogP contribution in [0.2, 0.25) is 0 Å². The third-order valence-corrected chi connectivity index (χ3v) is 4.17. The van der Waals surface area contributed by atoms with Gasteiger partial charge in [0.1, 0.15) is 11.9 Å². The van der Waals surface area contributed by atoms with Crippen LogP contribution in [0.4, 0.5) is 0 Å². The van der Waals surface area contributed by atoms with Crippen molar-refractivity contribution in [3.8, 4) is 0 Å². The highest BCUT2D eigenvalue weighted by molar-refractivity contribution is 5.80. The van der Waals surface area contributed by atoms with Gasteiger partial charge in [0.15, 0.2) is 0 Å². The summed E-state index contributed by atoms with van der Waals surface area (Å²) < 4.78 is 7.43. The summed E-state index contributed by atoms with van der Waals surface area (Å²) in [5.41, 5.74) is 2.31. The zero-order chi connectivity index (χ0) is 14.1. The van der Waals surface area contributed by atoms with Crippen LogP contribution in [-0.2, 0) is 22.5 Å². The molecule has 1 saturated heterocycles. The van der Waals surface area contributed by atoms with Gasteiger partial charge in [-0.15, -0.1) is 0 Å². The first-order chi connectivity index (χ1) is 9.68. The Morgan fingerprint density at radius 1 is 1.40 bits per heavy atom. The number of fused-ring (bicyclic) bond motifs is 1. The smallest absolute Gasteiger partial charge is 0.245 e. The van der Waals surface area contributed by atoms with E-state index in [0.29, 0.717) is 26.3 Å². The van der Waals surface area contributed by atoms with E-state index >= 15 is 0 Å². The van der Waals surface area contributed by atoms with Crippen LogP contribution in [0.3, 0.4) is 0 Å². The standard InChI is InChI=1S/C14H22N4O2/c1-10(14(19)17-5-7-20-8-6-17)18-11(2)16-12-9-15-4-3-13(12)18/h10,15H,3-9H2,1-2H3. The van der Waals surface area contributed by atoms with Gasteiger partial charge in [0.25, 0.3) is 0 Å². The molecule has 20 heavy (non-hydrogen) atoms. The van der Waals surface area contributed by atoms with Gasteiger partial charge in [0.05, 0.1) is 18.9 Å². The highest BCUT2D eigenvalue weighted by Crippen LogP contribution is 2.22. The molecule has 3 heterocycles. The van der Waals surface area contributed by atoms with Gasteiger partial charge in [-0.2, -0.15) is 0 Å². The fourth-order valence-corrected chi connectivity index (χ4v) is 3.14.